The molecule has 2 aliphatic heterocycles. The maximum absolute atomic E-state index is 11.9. The molecule has 0 radical (unpaired) electrons. The van der Waals surface area contributed by atoms with E-state index in [0.717, 1.165) is 30.8 Å². The number of nitro benzene ring substituents is 1. The second-order valence-electron chi connectivity index (χ2n) is 10.0. The minimum absolute atomic E-state index is 0.0986. The number of likely N-dealkylation sites (tertiary alicyclic amines) is 1. The number of benzene rings is 3. The highest BCUT2D eigenvalue weighted by Gasteiger charge is 2.23. The highest BCUT2D eigenvalue weighted by molar-refractivity contribution is 6.22. The van der Waals surface area contributed by atoms with Crippen LogP contribution >= 0.6 is 0 Å². The largest absolute Gasteiger partial charge is 0.494 e. The average molecular weight is 551 g/mol. The monoisotopic (exact) mass is 550 g/mol. The number of nitrogens with zero attached hydrogens (tertiary/aromatic N) is 3. The van der Waals surface area contributed by atoms with Gasteiger partial charge in [0, 0.05) is 35.1 Å². The Labute approximate surface area is 234 Å². The van der Waals surface area contributed by atoms with E-state index < -0.39 is 16.9 Å². The number of carbonyl (C=O) groups excluding carboxylic acids is 2. The molecule has 41 heavy (non-hydrogen) atoms. The van der Waals surface area contributed by atoms with Crippen LogP contribution in [-0.2, 0) is 11.3 Å². The molecule has 6 rings (SSSR count). The Balaban J connectivity index is 1.41. The molecule has 1 aromatic heterocycles. The maximum Gasteiger partial charge on any atom is 0.326 e. The van der Waals surface area contributed by atoms with E-state index in [4.69, 9.17) is 4.99 Å². The number of hydrogen-bond acceptors (Lipinski definition) is 7. The molecule has 3 aromatic carbocycles. The van der Waals surface area contributed by atoms with Crippen LogP contribution in [0.4, 0.5) is 16.2 Å². The lowest BCUT2D eigenvalue weighted by molar-refractivity contribution is -0.384. The zero-order valence-electron chi connectivity index (χ0n) is 21.9. The predicted octanol–water partition coefficient (Wildman–Crippen LogP) is 4.73. The van der Waals surface area contributed by atoms with Gasteiger partial charge in [-0.15, -0.1) is 0 Å². The fourth-order valence-electron chi connectivity index (χ4n) is 5.17. The van der Waals surface area contributed by atoms with Crippen molar-refractivity contribution in [1.82, 2.24) is 20.5 Å². The van der Waals surface area contributed by atoms with Crippen molar-refractivity contribution in [2.24, 2.45) is 4.99 Å². The highest BCUT2D eigenvalue weighted by Crippen LogP contribution is 2.34. The Kier molecular flexibility index (Phi) is 6.78. The van der Waals surface area contributed by atoms with Gasteiger partial charge in [0.1, 0.15) is 5.70 Å². The number of nitro groups is 1. The first-order chi connectivity index (χ1) is 19.8. The number of H-pyrrole nitrogens is 1. The van der Waals surface area contributed by atoms with Crippen molar-refractivity contribution in [2.75, 3.05) is 13.1 Å². The SMILES string of the molecule is O=C1NC(=O)C(=Cc2ccc(N=C(c3ccc(CN4CCCC4)cc3)c3c(O)[nH]c4ccc([N+](=O)[O-])cc34)cc2)N1. The van der Waals surface area contributed by atoms with Gasteiger partial charge in [0.05, 0.1) is 21.9 Å². The first-order valence-electron chi connectivity index (χ1n) is 13.2. The second kappa shape index (κ2) is 10.7. The molecule has 3 heterocycles. The number of hydrogen-bond donors (Lipinski definition) is 4. The first-order valence-corrected chi connectivity index (χ1v) is 13.2. The number of aromatic hydroxyl groups is 1. The standard InChI is InChI=1S/C30H26N6O5/c37-28-25(33-30(39)34-28)15-18-5-9-21(10-6-18)31-27(20-7-3-19(4-8-20)17-35-13-1-2-14-35)26-23-16-22(36(40)41)11-12-24(23)32-29(26)38/h3-12,15-16,32,38H,1-2,13-14,17H2,(H2,33,34,37,39). The number of aromatic amines is 1. The average Bonchev–Trinajstić information content (AvgIpc) is 3.67. The Morgan fingerprint density at radius 2 is 1.73 bits per heavy atom. The number of rotatable bonds is 7. The molecule has 4 N–H and O–H groups in total. The second-order valence-corrected chi connectivity index (χ2v) is 10.0. The van der Waals surface area contributed by atoms with E-state index in [1.807, 2.05) is 24.3 Å². The molecule has 2 aliphatic rings. The fraction of sp³-hybridized carbons (Fsp3) is 0.167. The Morgan fingerprint density at radius 3 is 2.39 bits per heavy atom. The summed E-state index contributed by atoms with van der Waals surface area (Å²) in [5.41, 5.74) is 4.51. The van der Waals surface area contributed by atoms with Gasteiger partial charge in [0.15, 0.2) is 5.88 Å². The molecule has 3 amide bonds. The summed E-state index contributed by atoms with van der Waals surface area (Å²) in [6.07, 6.45) is 3.97. The molecule has 0 atom stereocenters. The molecule has 4 aromatic rings. The quantitative estimate of drug-likeness (QED) is 0.0858. The van der Waals surface area contributed by atoms with Gasteiger partial charge in [-0.05, 0) is 61.3 Å². The van der Waals surface area contributed by atoms with Crippen molar-refractivity contribution in [1.29, 1.82) is 0 Å². The lowest BCUT2D eigenvalue weighted by Gasteiger charge is -2.15. The number of amides is 3. The third-order valence-electron chi connectivity index (χ3n) is 7.21. The van der Waals surface area contributed by atoms with Crippen molar-refractivity contribution in [3.63, 3.8) is 0 Å². The Hall–Kier alpha value is -5.29. The van der Waals surface area contributed by atoms with E-state index >= 15 is 0 Å². The third kappa shape index (κ3) is 5.43. The molecule has 2 fully saturated rings. The normalized spacial score (nSPS) is 16.9. The van der Waals surface area contributed by atoms with Gasteiger partial charge in [0.25, 0.3) is 11.6 Å². The van der Waals surface area contributed by atoms with E-state index in [0.29, 0.717) is 33.4 Å². The third-order valence-corrected chi connectivity index (χ3v) is 7.21. The van der Waals surface area contributed by atoms with Crippen LogP contribution in [0, 0.1) is 10.1 Å². The molecule has 0 unspecified atom stereocenters. The van der Waals surface area contributed by atoms with Gasteiger partial charge < -0.3 is 15.4 Å². The van der Waals surface area contributed by atoms with Crippen LogP contribution in [0.5, 0.6) is 5.88 Å². The van der Waals surface area contributed by atoms with E-state index in [2.05, 4.69) is 20.5 Å². The van der Waals surface area contributed by atoms with Crippen molar-refractivity contribution in [3.05, 3.63) is 105 Å². The van der Waals surface area contributed by atoms with Crippen LogP contribution < -0.4 is 10.6 Å². The molecule has 206 valence electrons. The van der Waals surface area contributed by atoms with Gasteiger partial charge in [-0.3, -0.25) is 25.1 Å². The molecule has 11 heteroatoms. The van der Waals surface area contributed by atoms with E-state index in [9.17, 15) is 24.8 Å². The number of carbonyl (C=O) groups is 2. The van der Waals surface area contributed by atoms with E-state index in [1.54, 1.807) is 36.4 Å². The zero-order chi connectivity index (χ0) is 28.5. The fourth-order valence-corrected chi connectivity index (χ4v) is 5.17. The Bertz CT molecular complexity index is 1730. The number of fused-ring (bicyclic) bond motifs is 1. The summed E-state index contributed by atoms with van der Waals surface area (Å²) in [4.78, 5) is 44.5. The summed E-state index contributed by atoms with van der Waals surface area (Å²) in [6.45, 7) is 3.02. The highest BCUT2D eigenvalue weighted by atomic mass is 16.6. The van der Waals surface area contributed by atoms with Crippen molar-refractivity contribution < 1.29 is 19.6 Å². The summed E-state index contributed by atoms with van der Waals surface area (Å²) in [7, 11) is 0. The lowest BCUT2D eigenvalue weighted by Crippen LogP contribution is -2.22. The number of urea groups is 1. The number of aromatic nitrogens is 1. The summed E-state index contributed by atoms with van der Waals surface area (Å²) < 4.78 is 0. The van der Waals surface area contributed by atoms with Gasteiger partial charge >= 0.3 is 6.03 Å². The van der Waals surface area contributed by atoms with Gasteiger partial charge in [-0.1, -0.05) is 36.4 Å². The van der Waals surface area contributed by atoms with Crippen LogP contribution in [0.1, 0.15) is 35.1 Å². The van der Waals surface area contributed by atoms with Crippen LogP contribution in [0.25, 0.3) is 17.0 Å². The number of nitrogens with one attached hydrogen (secondary N) is 3. The number of non-ortho nitro benzene ring substituents is 1. The van der Waals surface area contributed by atoms with E-state index in [1.165, 1.54) is 25.0 Å². The molecule has 0 bridgehead atoms. The molecule has 2 saturated heterocycles. The molecule has 0 spiro atoms. The minimum atomic E-state index is -0.572. The van der Waals surface area contributed by atoms with Crippen LogP contribution in [0.3, 0.4) is 0 Å². The van der Waals surface area contributed by atoms with Crippen LogP contribution in [0.15, 0.2) is 77.4 Å². The predicted molar refractivity (Wildman–Crippen MR) is 154 cm³/mol. The molecular weight excluding hydrogens is 524 g/mol. The van der Waals surface area contributed by atoms with Gasteiger partial charge in [-0.2, -0.15) is 0 Å². The van der Waals surface area contributed by atoms with Crippen molar-refractivity contribution in [2.45, 2.75) is 19.4 Å². The van der Waals surface area contributed by atoms with Crippen molar-refractivity contribution >= 4 is 46.0 Å². The van der Waals surface area contributed by atoms with E-state index in [-0.39, 0.29) is 17.3 Å². The lowest BCUT2D eigenvalue weighted by atomic mass is 9.99. The summed E-state index contributed by atoms with van der Waals surface area (Å²) in [5.74, 6) is -0.652. The summed E-state index contributed by atoms with van der Waals surface area (Å²) >= 11 is 0. The van der Waals surface area contributed by atoms with Gasteiger partial charge in [0.2, 0.25) is 0 Å². The Morgan fingerprint density at radius 1 is 1.00 bits per heavy atom. The topological polar surface area (TPSA) is 153 Å². The summed E-state index contributed by atoms with van der Waals surface area (Å²) in [5, 5.41) is 27.6. The molecule has 0 saturated carbocycles. The van der Waals surface area contributed by atoms with Gasteiger partial charge in [-0.25, -0.2) is 9.79 Å². The zero-order valence-corrected chi connectivity index (χ0v) is 21.9. The number of imide groups is 1. The molecule has 11 nitrogen and oxygen atoms in total. The molecular formula is C30H26N6O5. The number of aliphatic imine (C=N–C) groups is 1. The maximum atomic E-state index is 11.9. The summed E-state index contributed by atoms with van der Waals surface area (Å²) in [6, 6.07) is 18.8. The molecule has 0 aliphatic carbocycles. The smallest absolute Gasteiger partial charge is 0.326 e. The van der Waals surface area contributed by atoms with Crippen LogP contribution in [0.2, 0.25) is 0 Å². The minimum Gasteiger partial charge on any atom is -0.494 e. The first kappa shape index (κ1) is 26.0. The van der Waals surface area contributed by atoms with Crippen LogP contribution in [-0.4, -0.2) is 50.7 Å². The van der Waals surface area contributed by atoms with Crippen molar-refractivity contribution in [3.8, 4) is 5.88 Å².